The molecule has 0 aromatic heterocycles. The van der Waals surface area contributed by atoms with E-state index < -0.39 is 0 Å². The summed E-state index contributed by atoms with van der Waals surface area (Å²) in [6.45, 7) is 9.13. The number of ether oxygens (including phenoxy) is 2. The minimum Gasteiger partial charge on any atom is -0.493 e. The Labute approximate surface area is 173 Å². The SMILES string of the molecule is COc1cc2c(cc1OC)C1=C(C#N)CN(CCN3CCN(C)CC3)CN1CC2. The van der Waals surface area contributed by atoms with Gasteiger partial charge < -0.3 is 19.3 Å². The van der Waals surface area contributed by atoms with Gasteiger partial charge in [0.25, 0.3) is 0 Å². The third-order valence-corrected chi connectivity index (χ3v) is 6.33. The van der Waals surface area contributed by atoms with Gasteiger partial charge in [-0.1, -0.05) is 0 Å². The van der Waals surface area contributed by atoms with Crippen molar-refractivity contribution in [2.45, 2.75) is 6.42 Å². The summed E-state index contributed by atoms with van der Waals surface area (Å²) in [5.41, 5.74) is 4.27. The Morgan fingerprint density at radius 1 is 0.966 bits per heavy atom. The number of rotatable bonds is 5. The third kappa shape index (κ3) is 4.06. The topological polar surface area (TPSA) is 55.2 Å². The van der Waals surface area contributed by atoms with Crippen LogP contribution in [0, 0.1) is 11.3 Å². The molecule has 3 aliphatic heterocycles. The van der Waals surface area contributed by atoms with E-state index in [-0.39, 0.29) is 0 Å². The molecule has 0 aliphatic carbocycles. The number of methoxy groups -OCH3 is 2. The fourth-order valence-electron chi connectivity index (χ4n) is 4.56. The molecule has 0 unspecified atom stereocenters. The van der Waals surface area contributed by atoms with Gasteiger partial charge in [-0.25, -0.2) is 0 Å². The van der Waals surface area contributed by atoms with Crippen LogP contribution < -0.4 is 9.47 Å². The van der Waals surface area contributed by atoms with Crippen molar-refractivity contribution < 1.29 is 9.47 Å². The van der Waals surface area contributed by atoms with Gasteiger partial charge in [0.15, 0.2) is 11.5 Å². The Hall–Kier alpha value is -2.27. The fourth-order valence-corrected chi connectivity index (χ4v) is 4.56. The molecule has 0 radical (unpaired) electrons. The van der Waals surface area contributed by atoms with Gasteiger partial charge in [0.2, 0.25) is 0 Å². The molecule has 1 saturated heterocycles. The first-order valence-electron chi connectivity index (χ1n) is 10.4. The Morgan fingerprint density at radius 2 is 1.66 bits per heavy atom. The summed E-state index contributed by atoms with van der Waals surface area (Å²) in [4.78, 5) is 9.69. The molecular weight excluding hydrogens is 366 g/mol. The number of hydrogen-bond donors (Lipinski definition) is 0. The predicted octanol–water partition coefficient (Wildman–Crippen LogP) is 1.32. The highest BCUT2D eigenvalue weighted by atomic mass is 16.5. The van der Waals surface area contributed by atoms with Crippen LogP contribution in [0.25, 0.3) is 5.70 Å². The molecule has 0 amide bonds. The minimum atomic E-state index is 0.712. The quantitative estimate of drug-likeness (QED) is 0.743. The van der Waals surface area contributed by atoms with E-state index in [1.54, 1.807) is 14.2 Å². The number of fused-ring (bicyclic) bond motifs is 3. The summed E-state index contributed by atoms with van der Waals surface area (Å²) in [5, 5.41) is 9.91. The molecule has 0 atom stereocenters. The molecule has 156 valence electrons. The second-order valence-electron chi connectivity index (χ2n) is 8.16. The van der Waals surface area contributed by atoms with Gasteiger partial charge in [-0.05, 0) is 31.2 Å². The van der Waals surface area contributed by atoms with E-state index in [0.717, 1.165) is 87.2 Å². The Kier molecular flexibility index (Phi) is 5.95. The number of benzene rings is 1. The first kappa shape index (κ1) is 20.0. The van der Waals surface area contributed by atoms with Crippen molar-refractivity contribution in [2.75, 3.05) is 80.3 Å². The molecule has 4 rings (SSSR count). The summed E-state index contributed by atoms with van der Waals surface area (Å²) in [5.74, 6) is 1.47. The van der Waals surface area contributed by atoms with Gasteiger partial charge in [-0.15, -0.1) is 0 Å². The van der Waals surface area contributed by atoms with Crippen molar-refractivity contribution >= 4 is 5.70 Å². The van der Waals surface area contributed by atoms with Crippen LogP contribution in [0.3, 0.4) is 0 Å². The van der Waals surface area contributed by atoms with E-state index in [4.69, 9.17) is 9.47 Å². The maximum atomic E-state index is 9.91. The monoisotopic (exact) mass is 397 g/mol. The molecule has 0 N–H and O–H groups in total. The minimum absolute atomic E-state index is 0.712. The summed E-state index contributed by atoms with van der Waals surface area (Å²) in [6.07, 6.45) is 0.949. The predicted molar refractivity (Wildman–Crippen MR) is 113 cm³/mol. The summed E-state index contributed by atoms with van der Waals surface area (Å²) in [7, 11) is 5.51. The number of piperazine rings is 1. The van der Waals surface area contributed by atoms with Crippen LogP contribution in [-0.2, 0) is 6.42 Å². The van der Waals surface area contributed by atoms with Gasteiger partial charge in [-0.2, -0.15) is 5.26 Å². The smallest absolute Gasteiger partial charge is 0.161 e. The van der Waals surface area contributed by atoms with Crippen molar-refractivity contribution in [3.8, 4) is 17.6 Å². The highest BCUT2D eigenvalue weighted by Gasteiger charge is 2.31. The Balaban J connectivity index is 1.53. The molecule has 7 nitrogen and oxygen atoms in total. The molecule has 0 spiro atoms. The zero-order chi connectivity index (χ0) is 20.4. The first-order chi connectivity index (χ1) is 14.1. The molecular formula is C22H31N5O2. The first-order valence-corrected chi connectivity index (χ1v) is 10.4. The molecule has 29 heavy (non-hydrogen) atoms. The van der Waals surface area contributed by atoms with Gasteiger partial charge >= 0.3 is 0 Å². The van der Waals surface area contributed by atoms with Crippen molar-refractivity contribution in [3.63, 3.8) is 0 Å². The third-order valence-electron chi connectivity index (χ3n) is 6.33. The summed E-state index contributed by atoms with van der Waals surface area (Å²) < 4.78 is 11.0. The van der Waals surface area contributed by atoms with E-state index in [1.165, 1.54) is 5.56 Å². The average molecular weight is 398 g/mol. The summed E-state index contributed by atoms with van der Waals surface area (Å²) >= 11 is 0. The number of nitriles is 1. The normalized spacial score (nSPS) is 20.8. The lowest BCUT2D eigenvalue weighted by atomic mass is 9.92. The van der Waals surface area contributed by atoms with Crippen LogP contribution in [0.15, 0.2) is 17.7 Å². The van der Waals surface area contributed by atoms with Crippen LogP contribution in [0.1, 0.15) is 11.1 Å². The van der Waals surface area contributed by atoms with Crippen LogP contribution in [0.2, 0.25) is 0 Å². The number of nitrogens with zero attached hydrogens (tertiary/aromatic N) is 5. The van der Waals surface area contributed by atoms with Crippen LogP contribution in [0.5, 0.6) is 11.5 Å². The molecule has 0 saturated carbocycles. The average Bonchev–Trinajstić information content (AvgIpc) is 2.76. The van der Waals surface area contributed by atoms with Crippen molar-refractivity contribution in [1.29, 1.82) is 5.26 Å². The van der Waals surface area contributed by atoms with Crippen molar-refractivity contribution in [3.05, 3.63) is 28.8 Å². The largest absolute Gasteiger partial charge is 0.493 e. The van der Waals surface area contributed by atoms with Crippen molar-refractivity contribution in [2.24, 2.45) is 0 Å². The van der Waals surface area contributed by atoms with E-state index in [9.17, 15) is 5.26 Å². The van der Waals surface area contributed by atoms with E-state index in [1.807, 2.05) is 6.07 Å². The maximum Gasteiger partial charge on any atom is 0.161 e. The maximum absolute atomic E-state index is 9.91. The van der Waals surface area contributed by atoms with Gasteiger partial charge in [0.05, 0.1) is 38.2 Å². The zero-order valence-corrected chi connectivity index (χ0v) is 17.8. The van der Waals surface area contributed by atoms with Crippen LogP contribution in [0.4, 0.5) is 0 Å². The summed E-state index contributed by atoms with van der Waals surface area (Å²) in [6, 6.07) is 6.59. The van der Waals surface area contributed by atoms with Crippen LogP contribution >= 0.6 is 0 Å². The van der Waals surface area contributed by atoms with Gasteiger partial charge in [0, 0.05) is 57.9 Å². The van der Waals surface area contributed by atoms with Gasteiger partial charge in [0.1, 0.15) is 0 Å². The molecule has 1 aromatic carbocycles. The molecule has 3 heterocycles. The molecule has 1 fully saturated rings. The highest BCUT2D eigenvalue weighted by Crippen LogP contribution is 2.40. The van der Waals surface area contributed by atoms with Gasteiger partial charge in [-0.3, -0.25) is 9.80 Å². The molecule has 0 bridgehead atoms. The molecule has 3 aliphatic rings. The zero-order valence-electron chi connectivity index (χ0n) is 17.8. The Morgan fingerprint density at radius 3 is 2.34 bits per heavy atom. The highest BCUT2D eigenvalue weighted by molar-refractivity contribution is 5.77. The number of likely N-dealkylation sites (N-methyl/N-ethyl adjacent to an activating group) is 1. The number of hydrogen-bond acceptors (Lipinski definition) is 7. The van der Waals surface area contributed by atoms with Crippen molar-refractivity contribution in [1.82, 2.24) is 19.6 Å². The Bertz CT molecular complexity index is 823. The lowest BCUT2D eigenvalue weighted by molar-refractivity contribution is 0.117. The van der Waals surface area contributed by atoms with E-state index >= 15 is 0 Å². The van der Waals surface area contributed by atoms with E-state index in [0.29, 0.717) is 6.54 Å². The molecule has 1 aromatic rings. The van der Waals surface area contributed by atoms with E-state index in [2.05, 4.69) is 38.8 Å². The lowest BCUT2D eigenvalue weighted by Gasteiger charge is -2.43. The standard InChI is InChI=1S/C22H31N5O2/c1-24-6-8-25(9-7-24)10-11-26-15-18(14-23)22-19-13-21(29-3)20(28-2)12-17(19)4-5-27(22)16-26/h12-13H,4-11,15-16H2,1-3H3. The fraction of sp³-hybridized carbons (Fsp3) is 0.591. The lowest BCUT2D eigenvalue weighted by Crippen LogP contribution is -2.50. The van der Waals surface area contributed by atoms with Crippen LogP contribution in [-0.4, -0.2) is 99.9 Å². The second kappa shape index (κ2) is 8.62. The molecule has 7 heteroatoms. The second-order valence-corrected chi connectivity index (χ2v) is 8.16.